The lowest BCUT2D eigenvalue weighted by Crippen LogP contribution is -2.34. The molecule has 1 heterocycles. The first-order valence-corrected chi connectivity index (χ1v) is 7.34. The van der Waals surface area contributed by atoms with Crippen molar-refractivity contribution in [3.63, 3.8) is 0 Å². The minimum Gasteiger partial charge on any atom is -0.479 e. The number of nitrogens with zero attached hydrogens (tertiary/aromatic N) is 2. The maximum absolute atomic E-state index is 12.6. The Kier molecular flexibility index (Phi) is 4.54. The number of hydrogen-bond donors (Lipinski definition) is 2. The zero-order valence-corrected chi connectivity index (χ0v) is 14.0. The van der Waals surface area contributed by atoms with Gasteiger partial charge in [0.05, 0.1) is 11.3 Å². The molecule has 1 aromatic heterocycles. The van der Waals surface area contributed by atoms with Gasteiger partial charge >= 0.3 is 5.97 Å². The number of carbonyl (C=O) groups excluding carboxylic acids is 1. The summed E-state index contributed by atoms with van der Waals surface area (Å²) in [6.07, 6.45) is 0. The Morgan fingerprint density at radius 1 is 1.22 bits per heavy atom. The van der Waals surface area contributed by atoms with Gasteiger partial charge in [0.25, 0.3) is 5.91 Å². The third-order valence-corrected chi connectivity index (χ3v) is 4.22. The SMILES string of the molecule is Cc1cccc(C(NC(=O)c2c(C)nn(C)c2C)C(=O)O)c1C. The topological polar surface area (TPSA) is 84.2 Å². The fourth-order valence-corrected chi connectivity index (χ4v) is 2.66. The molecular weight excluding hydrogens is 294 g/mol. The average molecular weight is 315 g/mol. The van der Waals surface area contributed by atoms with Gasteiger partial charge in [-0.1, -0.05) is 18.2 Å². The molecule has 0 fully saturated rings. The Bertz CT molecular complexity index is 778. The highest BCUT2D eigenvalue weighted by atomic mass is 16.4. The van der Waals surface area contributed by atoms with Crippen LogP contribution in [0.4, 0.5) is 0 Å². The number of benzene rings is 1. The van der Waals surface area contributed by atoms with Gasteiger partial charge in [-0.15, -0.1) is 0 Å². The standard InChI is InChI=1S/C17H21N3O3/c1-9-7-6-8-13(10(9)2)15(17(22)23)18-16(21)14-11(3)19-20(5)12(14)4/h6-8,15H,1-5H3,(H,18,21)(H,22,23). The minimum atomic E-state index is -1.10. The Labute approximate surface area is 135 Å². The summed E-state index contributed by atoms with van der Waals surface area (Å²) >= 11 is 0. The van der Waals surface area contributed by atoms with E-state index in [9.17, 15) is 14.7 Å². The van der Waals surface area contributed by atoms with Crippen LogP contribution in [0, 0.1) is 27.7 Å². The molecule has 2 aromatic rings. The number of rotatable bonds is 4. The summed E-state index contributed by atoms with van der Waals surface area (Å²) in [5, 5.41) is 16.4. The maximum atomic E-state index is 12.6. The maximum Gasteiger partial charge on any atom is 0.330 e. The largest absolute Gasteiger partial charge is 0.479 e. The monoisotopic (exact) mass is 315 g/mol. The number of carboxylic acid groups (broad SMARTS) is 1. The molecule has 23 heavy (non-hydrogen) atoms. The first-order valence-electron chi connectivity index (χ1n) is 7.34. The third kappa shape index (κ3) is 3.11. The molecule has 0 aliphatic rings. The summed E-state index contributed by atoms with van der Waals surface area (Å²) in [5.41, 5.74) is 4.13. The molecule has 6 heteroatoms. The van der Waals surface area contributed by atoms with Crippen molar-refractivity contribution < 1.29 is 14.7 Å². The van der Waals surface area contributed by atoms with Crippen LogP contribution in [0.1, 0.15) is 44.5 Å². The zero-order valence-electron chi connectivity index (χ0n) is 14.0. The summed E-state index contributed by atoms with van der Waals surface area (Å²) in [4.78, 5) is 24.2. The van der Waals surface area contributed by atoms with Crippen LogP contribution < -0.4 is 5.32 Å². The number of aliphatic carboxylic acids is 1. The first kappa shape index (κ1) is 16.7. The fourth-order valence-electron chi connectivity index (χ4n) is 2.66. The molecule has 1 amide bonds. The lowest BCUT2D eigenvalue weighted by atomic mass is 9.97. The molecule has 1 atom stereocenters. The van der Waals surface area contributed by atoms with Crippen LogP contribution >= 0.6 is 0 Å². The van der Waals surface area contributed by atoms with E-state index >= 15 is 0 Å². The van der Waals surface area contributed by atoms with Crippen LogP contribution in [0.25, 0.3) is 0 Å². The molecule has 1 unspecified atom stereocenters. The second-order valence-electron chi connectivity index (χ2n) is 5.70. The first-order chi connectivity index (χ1) is 10.7. The van der Waals surface area contributed by atoms with Gasteiger partial charge in [0.1, 0.15) is 0 Å². The van der Waals surface area contributed by atoms with E-state index in [-0.39, 0.29) is 0 Å². The number of hydrogen-bond acceptors (Lipinski definition) is 3. The van der Waals surface area contributed by atoms with E-state index in [4.69, 9.17) is 0 Å². The summed E-state index contributed by atoms with van der Waals surface area (Å²) in [7, 11) is 1.75. The van der Waals surface area contributed by atoms with Crippen molar-refractivity contribution in [2.45, 2.75) is 33.7 Å². The van der Waals surface area contributed by atoms with Crippen LogP contribution in [-0.2, 0) is 11.8 Å². The highest BCUT2D eigenvalue weighted by Crippen LogP contribution is 2.22. The fraction of sp³-hybridized carbons (Fsp3) is 0.353. The van der Waals surface area contributed by atoms with E-state index in [1.54, 1.807) is 37.7 Å². The van der Waals surface area contributed by atoms with E-state index in [0.29, 0.717) is 22.5 Å². The second kappa shape index (κ2) is 6.24. The van der Waals surface area contributed by atoms with E-state index in [1.165, 1.54) is 0 Å². The van der Waals surface area contributed by atoms with Crippen LogP contribution in [0.15, 0.2) is 18.2 Å². The molecule has 0 aliphatic carbocycles. The highest BCUT2D eigenvalue weighted by Gasteiger charge is 2.27. The van der Waals surface area contributed by atoms with Gasteiger partial charge in [-0.3, -0.25) is 9.48 Å². The molecule has 2 rings (SSSR count). The quantitative estimate of drug-likeness (QED) is 0.906. The zero-order chi connectivity index (χ0) is 17.3. The Hall–Kier alpha value is -2.63. The number of aryl methyl sites for hydroxylation is 3. The Morgan fingerprint density at radius 3 is 2.39 bits per heavy atom. The van der Waals surface area contributed by atoms with Crippen molar-refractivity contribution in [3.05, 3.63) is 51.8 Å². The van der Waals surface area contributed by atoms with Crippen molar-refractivity contribution in [2.24, 2.45) is 7.05 Å². The molecule has 0 saturated carbocycles. The van der Waals surface area contributed by atoms with Gasteiger partial charge in [-0.25, -0.2) is 4.79 Å². The van der Waals surface area contributed by atoms with Gasteiger partial charge in [-0.2, -0.15) is 5.10 Å². The van der Waals surface area contributed by atoms with Crippen molar-refractivity contribution >= 4 is 11.9 Å². The Balaban J connectivity index is 2.39. The predicted octanol–water partition coefficient (Wildman–Crippen LogP) is 2.21. The number of carboxylic acids is 1. The summed E-state index contributed by atoms with van der Waals surface area (Å²) < 4.78 is 1.61. The van der Waals surface area contributed by atoms with Crippen LogP contribution in [-0.4, -0.2) is 26.8 Å². The number of nitrogens with one attached hydrogen (secondary N) is 1. The molecule has 0 saturated heterocycles. The van der Waals surface area contributed by atoms with Crippen molar-refractivity contribution in [3.8, 4) is 0 Å². The molecule has 1 aromatic carbocycles. The van der Waals surface area contributed by atoms with E-state index in [1.807, 2.05) is 19.9 Å². The number of aromatic nitrogens is 2. The molecule has 2 N–H and O–H groups in total. The summed E-state index contributed by atoms with van der Waals surface area (Å²) in [6.45, 7) is 7.28. The molecular formula is C17H21N3O3. The normalized spacial score (nSPS) is 12.0. The Morgan fingerprint density at radius 2 is 1.87 bits per heavy atom. The molecule has 6 nitrogen and oxygen atoms in total. The van der Waals surface area contributed by atoms with Gasteiger partial charge in [0, 0.05) is 12.7 Å². The minimum absolute atomic E-state index is 0.420. The van der Waals surface area contributed by atoms with Gasteiger partial charge in [0.2, 0.25) is 0 Å². The lowest BCUT2D eigenvalue weighted by Gasteiger charge is -2.18. The van der Waals surface area contributed by atoms with E-state index < -0.39 is 17.9 Å². The predicted molar refractivity (Wildman–Crippen MR) is 86.4 cm³/mol. The van der Waals surface area contributed by atoms with Crippen molar-refractivity contribution in [1.82, 2.24) is 15.1 Å². The van der Waals surface area contributed by atoms with E-state index in [2.05, 4.69) is 10.4 Å². The lowest BCUT2D eigenvalue weighted by molar-refractivity contribution is -0.139. The molecule has 0 spiro atoms. The van der Waals surface area contributed by atoms with Crippen molar-refractivity contribution in [2.75, 3.05) is 0 Å². The smallest absolute Gasteiger partial charge is 0.330 e. The van der Waals surface area contributed by atoms with Crippen LogP contribution in [0.2, 0.25) is 0 Å². The van der Waals surface area contributed by atoms with Gasteiger partial charge in [0.15, 0.2) is 6.04 Å². The molecule has 0 bridgehead atoms. The summed E-state index contributed by atoms with van der Waals surface area (Å²) in [5.74, 6) is -1.52. The second-order valence-corrected chi connectivity index (χ2v) is 5.70. The molecule has 0 aliphatic heterocycles. The average Bonchev–Trinajstić information content (AvgIpc) is 2.72. The van der Waals surface area contributed by atoms with Crippen molar-refractivity contribution in [1.29, 1.82) is 0 Å². The van der Waals surface area contributed by atoms with E-state index in [0.717, 1.165) is 11.1 Å². The van der Waals surface area contributed by atoms with Gasteiger partial charge < -0.3 is 10.4 Å². The molecule has 0 radical (unpaired) electrons. The summed E-state index contributed by atoms with van der Waals surface area (Å²) in [6, 6.07) is 4.33. The highest BCUT2D eigenvalue weighted by molar-refractivity contribution is 5.98. The van der Waals surface area contributed by atoms with Crippen LogP contribution in [0.3, 0.4) is 0 Å². The van der Waals surface area contributed by atoms with Crippen LogP contribution in [0.5, 0.6) is 0 Å². The molecule has 122 valence electrons. The number of carbonyl (C=O) groups is 2. The number of amides is 1. The van der Waals surface area contributed by atoms with Gasteiger partial charge in [-0.05, 0) is 44.4 Å². The third-order valence-electron chi connectivity index (χ3n) is 4.22.